The van der Waals surface area contributed by atoms with E-state index in [1.807, 2.05) is 44.3 Å². The third kappa shape index (κ3) is 5.35. The number of amides is 1. The lowest BCUT2D eigenvalue weighted by Crippen LogP contribution is -2.12. The normalized spacial score (nSPS) is 16.7. The van der Waals surface area contributed by atoms with E-state index in [-0.39, 0.29) is 11.9 Å². The first kappa shape index (κ1) is 22.6. The second kappa shape index (κ2) is 10.8. The van der Waals surface area contributed by atoms with Gasteiger partial charge in [-0.15, -0.1) is 0 Å². The van der Waals surface area contributed by atoms with Gasteiger partial charge in [-0.1, -0.05) is 37.7 Å². The summed E-state index contributed by atoms with van der Waals surface area (Å²) < 4.78 is 10.5. The number of ether oxygens (including phenoxy) is 2. The summed E-state index contributed by atoms with van der Waals surface area (Å²) >= 11 is 1.69. The van der Waals surface area contributed by atoms with Crippen LogP contribution in [0.15, 0.2) is 63.4 Å². The molecule has 2 aromatic carbocycles. The zero-order valence-electron chi connectivity index (χ0n) is 18.2. The fraction of sp³-hybridized carbons (Fsp3) is 0.292. The number of benzene rings is 2. The molecule has 2 aliphatic rings. The van der Waals surface area contributed by atoms with Crippen LogP contribution in [0, 0.1) is 0 Å². The molecule has 4 rings (SSSR count). The second-order valence-corrected chi connectivity index (χ2v) is 7.63. The molecule has 0 fully saturated rings. The lowest BCUT2D eigenvalue weighted by Gasteiger charge is -2.10. The molecule has 1 amide bonds. The minimum absolute atomic E-state index is 0.210. The van der Waals surface area contributed by atoms with E-state index in [0.29, 0.717) is 17.1 Å². The van der Waals surface area contributed by atoms with Gasteiger partial charge in [-0.05, 0) is 42.8 Å². The number of thioether (sulfide) groups is 1. The van der Waals surface area contributed by atoms with E-state index in [4.69, 9.17) is 14.5 Å². The number of fused-ring (bicyclic) bond motifs is 1. The number of carbonyl (C=O) groups is 1. The molecule has 2 aromatic rings. The summed E-state index contributed by atoms with van der Waals surface area (Å²) in [4.78, 5) is 22.9. The summed E-state index contributed by atoms with van der Waals surface area (Å²) in [5, 5.41) is 3.92. The Hall–Kier alpha value is -3.06. The van der Waals surface area contributed by atoms with Crippen LogP contribution < -0.4 is 14.8 Å². The first-order valence-corrected chi connectivity index (χ1v) is 11.1. The number of nitrogens with one attached hydrogen (secondary N) is 1. The van der Waals surface area contributed by atoms with E-state index >= 15 is 0 Å². The zero-order chi connectivity index (χ0) is 22.2. The standard InChI is InChI=1S/C22H21N3O3S.C2H6/c1-27-18-8-5-15(13-19(18)28-2)21(26)24-16-6-3-14(4-7-16)22-25-17-9-11-23-12-10-20(17)29-22;1-2/h3-8,10,12-13,17H,9,11H2,1-2H3,(H,24,26);1-2H3. The molecule has 1 atom stereocenters. The van der Waals surface area contributed by atoms with Crippen molar-refractivity contribution in [3.8, 4) is 11.5 Å². The molecule has 2 aliphatic heterocycles. The van der Waals surface area contributed by atoms with Gasteiger partial charge >= 0.3 is 0 Å². The molecule has 0 bridgehead atoms. The average Bonchev–Trinajstić information content (AvgIpc) is 3.10. The van der Waals surface area contributed by atoms with E-state index in [1.54, 1.807) is 44.2 Å². The third-order valence-electron chi connectivity index (χ3n) is 4.73. The average molecular weight is 438 g/mol. The Kier molecular flexibility index (Phi) is 7.89. The molecule has 0 spiro atoms. The van der Waals surface area contributed by atoms with Crippen molar-refractivity contribution in [1.29, 1.82) is 0 Å². The third-order valence-corrected chi connectivity index (χ3v) is 5.91. The van der Waals surface area contributed by atoms with Crippen LogP contribution in [0.1, 0.15) is 36.2 Å². The van der Waals surface area contributed by atoms with Crippen molar-refractivity contribution in [2.75, 3.05) is 26.1 Å². The van der Waals surface area contributed by atoms with Gasteiger partial charge in [0.1, 0.15) is 5.04 Å². The number of aliphatic imine (C=N–C) groups is 2. The van der Waals surface area contributed by atoms with Gasteiger partial charge in [0.05, 0.1) is 20.3 Å². The summed E-state index contributed by atoms with van der Waals surface area (Å²) in [5.74, 6) is 0.891. The summed E-state index contributed by atoms with van der Waals surface area (Å²) in [6.45, 7) is 4.81. The highest BCUT2D eigenvalue weighted by molar-refractivity contribution is 8.18. The largest absolute Gasteiger partial charge is 0.493 e. The van der Waals surface area contributed by atoms with Gasteiger partial charge in [-0.2, -0.15) is 0 Å². The first-order chi connectivity index (χ1) is 15.2. The summed E-state index contributed by atoms with van der Waals surface area (Å²) in [7, 11) is 3.11. The predicted molar refractivity (Wildman–Crippen MR) is 129 cm³/mol. The maximum atomic E-state index is 12.6. The number of carbonyl (C=O) groups excluding carboxylic acids is 1. The first-order valence-electron chi connectivity index (χ1n) is 10.3. The Bertz CT molecular complexity index is 1010. The molecule has 2 heterocycles. The Morgan fingerprint density at radius 1 is 1.06 bits per heavy atom. The maximum Gasteiger partial charge on any atom is 0.255 e. The molecular formula is C24H27N3O3S. The van der Waals surface area contributed by atoms with Gasteiger partial charge in [-0.25, -0.2) is 0 Å². The Morgan fingerprint density at radius 2 is 1.81 bits per heavy atom. The van der Waals surface area contributed by atoms with Crippen molar-refractivity contribution >= 4 is 34.6 Å². The van der Waals surface area contributed by atoms with Crippen molar-refractivity contribution in [2.45, 2.75) is 26.3 Å². The molecule has 1 N–H and O–H groups in total. The minimum atomic E-state index is -0.210. The number of hydrogen-bond acceptors (Lipinski definition) is 6. The molecule has 0 saturated heterocycles. The van der Waals surface area contributed by atoms with Crippen LogP contribution in [-0.2, 0) is 0 Å². The number of rotatable bonds is 5. The summed E-state index contributed by atoms with van der Waals surface area (Å²) in [6, 6.07) is 13.0. The highest BCUT2D eigenvalue weighted by Gasteiger charge is 2.25. The van der Waals surface area contributed by atoms with E-state index in [0.717, 1.165) is 29.3 Å². The van der Waals surface area contributed by atoms with Crippen LogP contribution in [0.3, 0.4) is 0 Å². The number of hydrogen-bond donors (Lipinski definition) is 1. The molecular weight excluding hydrogens is 410 g/mol. The summed E-state index contributed by atoms with van der Waals surface area (Å²) in [6.07, 6.45) is 4.86. The Morgan fingerprint density at radius 3 is 2.52 bits per heavy atom. The van der Waals surface area contributed by atoms with Crippen LogP contribution in [0.4, 0.5) is 5.69 Å². The van der Waals surface area contributed by atoms with Crippen LogP contribution in [0.2, 0.25) is 0 Å². The quantitative estimate of drug-likeness (QED) is 0.698. The van der Waals surface area contributed by atoms with E-state index < -0.39 is 0 Å². The molecule has 7 heteroatoms. The lowest BCUT2D eigenvalue weighted by molar-refractivity contribution is 0.102. The van der Waals surface area contributed by atoms with E-state index in [1.165, 1.54) is 4.91 Å². The van der Waals surface area contributed by atoms with E-state index in [9.17, 15) is 4.79 Å². The maximum absolute atomic E-state index is 12.6. The van der Waals surface area contributed by atoms with Gasteiger partial charge in [-0.3, -0.25) is 14.8 Å². The second-order valence-electron chi connectivity index (χ2n) is 6.57. The number of methoxy groups -OCH3 is 2. The fourth-order valence-corrected chi connectivity index (χ4v) is 4.26. The molecule has 6 nitrogen and oxygen atoms in total. The molecule has 0 aromatic heterocycles. The van der Waals surface area contributed by atoms with Crippen molar-refractivity contribution < 1.29 is 14.3 Å². The van der Waals surface area contributed by atoms with Crippen molar-refractivity contribution in [3.05, 3.63) is 64.6 Å². The van der Waals surface area contributed by atoms with Crippen molar-refractivity contribution in [1.82, 2.24) is 0 Å². The highest BCUT2D eigenvalue weighted by Crippen LogP contribution is 2.36. The van der Waals surface area contributed by atoms with Crippen LogP contribution >= 0.6 is 11.8 Å². The molecule has 1 unspecified atom stereocenters. The number of allylic oxidation sites excluding steroid dienone is 1. The monoisotopic (exact) mass is 437 g/mol. The fourth-order valence-electron chi connectivity index (χ4n) is 3.17. The number of anilines is 1. The SMILES string of the molecule is CC.COc1ccc(C(=O)Nc2ccc(C3=NC4CCN=CC=C4S3)cc2)cc1OC. The Balaban J connectivity index is 0.00000132. The minimum Gasteiger partial charge on any atom is -0.493 e. The zero-order valence-corrected chi connectivity index (χ0v) is 19.0. The van der Waals surface area contributed by atoms with Gasteiger partial charge in [0, 0.05) is 34.5 Å². The number of nitrogens with zero attached hydrogens (tertiary/aromatic N) is 2. The molecule has 0 aliphatic carbocycles. The molecule has 0 radical (unpaired) electrons. The van der Waals surface area contributed by atoms with Crippen LogP contribution in [0.25, 0.3) is 0 Å². The summed E-state index contributed by atoms with van der Waals surface area (Å²) in [5.41, 5.74) is 2.26. The van der Waals surface area contributed by atoms with Crippen LogP contribution in [-0.4, -0.2) is 44.0 Å². The van der Waals surface area contributed by atoms with Crippen LogP contribution in [0.5, 0.6) is 11.5 Å². The van der Waals surface area contributed by atoms with E-state index in [2.05, 4.69) is 16.4 Å². The van der Waals surface area contributed by atoms with Gasteiger partial charge in [0.15, 0.2) is 11.5 Å². The smallest absolute Gasteiger partial charge is 0.255 e. The highest BCUT2D eigenvalue weighted by atomic mass is 32.2. The van der Waals surface area contributed by atoms with Gasteiger partial charge in [0.2, 0.25) is 0 Å². The van der Waals surface area contributed by atoms with Crippen molar-refractivity contribution in [3.63, 3.8) is 0 Å². The molecule has 162 valence electrons. The lowest BCUT2D eigenvalue weighted by atomic mass is 10.1. The Labute approximate surface area is 187 Å². The predicted octanol–water partition coefficient (Wildman–Crippen LogP) is 5.20. The van der Waals surface area contributed by atoms with Crippen molar-refractivity contribution in [2.24, 2.45) is 9.98 Å². The molecule has 31 heavy (non-hydrogen) atoms. The van der Waals surface area contributed by atoms with Gasteiger partial charge in [0.25, 0.3) is 5.91 Å². The topological polar surface area (TPSA) is 72.3 Å². The van der Waals surface area contributed by atoms with Gasteiger partial charge < -0.3 is 14.8 Å². The molecule has 0 saturated carbocycles.